The third kappa shape index (κ3) is 2.10. The molecule has 1 aliphatic heterocycles. The molecule has 1 aromatic heterocycles. The Labute approximate surface area is 104 Å². The highest BCUT2D eigenvalue weighted by Crippen LogP contribution is 2.28. The Hall–Kier alpha value is -0.580. The second-order valence-electron chi connectivity index (χ2n) is 4.11. The fraction of sp³-hybridized carbons (Fsp3) is 0.545. The Bertz CT molecular complexity index is 405. The van der Waals surface area contributed by atoms with Crippen molar-refractivity contribution in [2.45, 2.75) is 19.9 Å². The van der Waals surface area contributed by atoms with E-state index < -0.39 is 0 Å². The minimum absolute atomic E-state index is 0.0668. The molecule has 0 radical (unpaired) electrons. The first-order valence-electron chi connectivity index (χ1n) is 5.36. The van der Waals surface area contributed by atoms with Crippen LogP contribution in [0.5, 0.6) is 0 Å². The summed E-state index contributed by atoms with van der Waals surface area (Å²) in [5.41, 5.74) is 0.984. The Balaban J connectivity index is 2.21. The monoisotopic (exact) mass is 258 g/mol. The number of rotatable bonds is 1. The van der Waals surface area contributed by atoms with E-state index in [-0.39, 0.29) is 11.9 Å². The molecule has 2 heterocycles. The summed E-state index contributed by atoms with van der Waals surface area (Å²) in [4.78, 5) is 14.8. The summed E-state index contributed by atoms with van der Waals surface area (Å²) < 4.78 is 0. The zero-order chi connectivity index (χ0) is 11.7. The Kier molecular flexibility index (Phi) is 3.52. The standard InChI is InChI=1S/C11H15ClN2OS/c1-7-6-16-10(9(7)12)11(15)14-4-3-13-5-8(14)2/h6,8,13H,3-5H2,1-2H3/t8-/m1/s1. The zero-order valence-electron chi connectivity index (χ0n) is 9.42. The summed E-state index contributed by atoms with van der Waals surface area (Å²) in [5.74, 6) is 0.0668. The molecular formula is C11H15ClN2OS. The minimum atomic E-state index is 0.0668. The third-order valence-corrected chi connectivity index (χ3v) is 4.54. The summed E-state index contributed by atoms with van der Waals surface area (Å²) in [5, 5.41) is 5.81. The lowest BCUT2D eigenvalue weighted by Gasteiger charge is -2.33. The van der Waals surface area contributed by atoms with Crippen LogP contribution in [0.4, 0.5) is 0 Å². The van der Waals surface area contributed by atoms with Crippen LogP contribution in [-0.2, 0) is 0 Å². The van der Waals surface area contributed by atoms with Gasteiger partial charge in [0.2, 0.25) is 0 Å². The number of aryl methyl sites for hydroxylation is 1. The van der Waals surface area contributed by atoms with Gasteiger partial charge in [0.1, 0.15) is 4.88 Å². The van der Waals surface area contributed by atoms with Crippen LogP contribution in [0.3, 0.4) is 0 Å². The summed E-state index contributed by atoms with van der Waals surface area (Å²) in [6.45, 7) is 6.45. The van der Waals surface area contributed by atoms with Crippen molar-refractivity contribution in [2.24, 2.45) is 0 Å². The second-order valence-corrected chi connectivity index (χ2v) is 5.37. The molecule has 2 rings (SSSR count). The molecule has 88 valence electrons. The van der Waals surface area contributed by atoms with Gasteiger partial charge >= 0.3 is 0 Å². The number of nitrogens with zero attached hydrogens (tertiary/aromatic N) is 1. The summed E-state index contributed by atoms with van der Waals surface area (Å²) in [6.07, 6.45) is 0. The van der Waals surface area contributed by atoms with E-state index >= 15 is 0 Å². The van der Waals surface area contributed by atoms with Gasteiger partial charge in [-0.3, -0.25) is 4.79 Å². The molecular weight excluding hydrogens is 244 g/mol. The highest BCUT2D eigenvalue weighted by Gasteiger charge is 2.26. The van der Waals surface area contributed by atoms with Crippen LogP contribution in [0.2, 0.25) is 5.02 Å². The van der Waals surface area contributed by atoms with Gasteiger partial charge in [0.25, 0.3) is 5.91 Å². The first-order chi connectivity index (χ1) is 7.61. The predicted molar refractivity (Wildman–Crippen MR) is 67.4 cm³/mol. The highest BCUT2D eigenvalue weighted by atomic mass is 35.5. The van der Waals surface area contributed by atoms with Gasteiger partial charge in [-0.25, -0.2) is 0 Å². The Morgan fingerprint density at radius 1 is 1.69 bits per heavy atom. The second kappa shape index (κ2) is 4.73. The normalized spacial score (nSPS) is 21.2. The number of nitrogens with one attached hydrogen (secondary N) is 1. The van der Waals surface area contributed by atoms with Crippen LogP contribution >= 0.6 is 22.9 Å². The predicted octanol–water partition coefficient (Wildman–Crippen LogP) is 2.14. The van der Waals surface area contributed by atoms with Gasteiger partial charge < -0.3 is 10.2 Å². The number of hydrogen-bond donors (Lipinski definition) is 1. The maximum atomic E-state index is 12.3. The summed E-state index contributed by atoms with van der Waals surface area (Å²) in [6, 6.07) is 0.236. The molecule has 1 N–H and O–H groups in total. The molecule has 1 aromatic rings. The van der Waals surface area contributed by atoms with Crippen LogP contribution in [0, 0.1) is 6.92 Å². The van der Waals surface area contributed by atoms with Gasteiger partial charge in [-0.15, -0.1) is 11.3 Å². The van der Waals surface area contributed by atoms with E-state index in [1.54, 1.807) is 0 Å². The number of piperazine rings is 1. The number of hydrogen-bond acceptors (Lipinski definition) is 3. The minimum Gasteiger partial charge on any atom is -0.333 e. The van der Waals surface area contributed by atoms with Crippen LogP contribution in [0.1, 0.15) is 22.2 Å². The van der Waals surface area contributed by atoms with E-state index in [1.807, 2.05) is 17.2 Å². The van der Waals surface area contributed by atoms with Crippen molar-refractivity contribution in [2.75, 3.05) is 19.6 Å². The van der Waals surface area contributed by atoms with Crippen molar-refractivity contribution in [3.63, 3.8) is 0 Å². The fourth-order valence-corrected chi connectivity index (χ4v) is 3.08. The van der Waals surface area contributed by atoms with Crippen LogP contribution < -0.4 is 5.32 Å². The topological polar surface area (TPSA) is 32.3 Å². The van der Waals surface area contributed by atoms with Crippen molar-refractivity contribution in [3.05, 3.63) is 20.8 Å². The van der Waals surface area contributed by atoms with Crippen molar-refractivity contribution in [1.29, 1.82) is 0 Å². The maximum absolute atomic E-state index is 12.3. The van der Waals surface area contributed by atoms with E-state index in [0.717, 1.165) is 25.2 Å². The number of carbonyl (C=O) groups is 1. The van der Waals surface area contributed by atoms with E-state index in [1.165, 1.54) is 11.3 Å². The first-order valence-corrected chi connectivity index (χ1v) is 6.62. The SMILES string of the molecule is Cc1csc(C(=O)N2CCNC[C@H]2C)c1Cl. The van der Waals surface area contributed by atoms with Crippen molar-refractivity contribution >= 4 is 28.8 Å². The van der Waals surface area contributed by atoms with Gasteiger partial charge in [0.15, 0.2) is 0 Å². The first kappa shape index (κ1) is 11.9. The van der Waals surface area contributed by atoms with E-state index in [2.05, 4.69) is 12.2 Å². The molecule has 3 nitrogen and oxygen atoms in total. The number of amides is 1. The quantitative estimate of drug-likeness (QED) is 0.837. The molecule has 1 amide bonds. The van der Waals surface area contributed by atoms with E-state index in [0.29, 0.717) is 9.90 Å². The lowest BCUT2D eigenvalue weighted by atomic mass is 10.2. The molecule has 5 heteroatoms. The van der Waals surface area contributed by atoms with Gasteiger partial charge in [-0.2, -0.15) is 0 Å². The Morgan fingerprint density at radius 2 is 2.44 bits per heavy atom. The van der Waals surface area contributed by atoms with Gasteiger partial charge in [0.05, 0.1) is 5.02 Å². The number of halogens is 1. The average Bonchev–Trinajstić information content (AvgIpc) is 2.60. The molecule has 1 fully saturated rings. The lowest BCUT2D eigenvalue weighted by molar-refractivity contribution is 0.0661. The molecule has 16 heavy (non-hydrogen) atoms. The van der Waals surface area contributed by atoms with Crippen molar-refractivity contribution in [3.8, 4) is 0 Å². The zero-order valence-corrected chi connectivity index (χ0v) is 11.0. The van der Waals surface area contributed by atoms with Gasteiger partial charge in [-0.05, 0) is 24.8 Å². The largest absolute Gasteiger partial charge is 0.333 e. The van der Waals surface area contributed by atoms with Crippen molar-refractivity contribution < 1.29 is 4.79 Å². The smallest absolute Gasteiger partial charge is 0.265 e. The molecule has 1 atom stereocenters. The Morgan fingerprint density at radius 3 is 3.00 bits per heavy atom. The van der Waals surface area contributed by atoms with E-state index in [9.17, 15) is 4.79 Å². The van der Waals surface area contributed by atoms with Crippen LogP contribution in [0.25, 0.3) is 0 Å². The van der Waals surface area contributed by atoms with Gasteiger partial charge in [-0.1, -0.05) is 11.6 Å². The molecule has 0 saturated carbocycles. The molecule has 1 aliphatic rings. The van der Waals surface area contributed by atoms with Gasteiger partial charge in [0, 0.05) is 25.7 Å². The molecule has 0 unspecified atom stereocenters. The molecule has 0 bridgehead atoms. The fourth-order valence-electron chi connectivity index (χ4n) is 1.85. The summed E-state index contributed by atoms with van der Waals surface area (Å²) >= 11 is 7.55. The molecule has 0 aliphatic carbocycles. The molecule has 1 saturated heterocycles. The maximum Gasteiger partial charge on any atom is 0.265 e. The summed E-state index contributed by atoms with van der Waals surface area (Å²) in [7, 11) is 0. The number of thiophene rings is 1. The number of carbonyl (C=O) groups excluding carboxylic acids is 1. The van der Waals surface area contributed by atoms with Crippen molar-refractivity contribution in [1.82, 2.24) is 10.2 Å². The third-order valence-electron chi connectivity index (χ3n) is 2.86. The van der Waals surface area contributed by atoms with Crippen LogP contribution in [0.15, 0.2) is 5.38 Å². The molecule has 0 spiro atoms. The highest BCUT2D eigenvalue weighted by molar-refractivity contribution is 7.13. The van der Waals surface area contributed by atoms with Crippen LogP contribution in [-0.4, -0.2) is 36.5 Å². The average molecular weight is 259 g/mol. The van der Waals surface area contributed by atoms with E-state index in [4.69, 9.17) is 11.6 Å². The molecule has 0 aromatic carbocycles. The lowest BCUT2D eigenvalue weighted by Crippen LogP contribution is -2.52.